The van der Waals surface area contributed by atoms with Gasteiger partial charge in [0.15, 0.2) is 0 Å². The van der Waals surface area contributed by atoms with Crippen LogP contribution in [-0.4, -0.2) is 75.5 Å². The summed E-state index contributed by atoms with van der Waals surface area (Å²) in [5.41, 5.74) is 0.496. The number of fused-ring (bicyclic) bond motifs is 55. The highest BCUT2D eigenvalue weighted by Crippen LogP contribution is 2.80. The summed E-state index contributed by atoms with van der Waals surface area (Å²) in [7, 11) is 0. The Kier molecular flexibility index (Phi) is 14.2. The number of carbonyl (C=O) groups is 6. The lowest BCUT2D eigenvalue weighted by Crippen LogP contribution is -2.43. The molecule has 28 fully saturated rings. The van der Waals surface area contributed by atoms with Crippen molar-refractivity contribution in [1.82, 2.24) is 0 Å². The number of hydrogen-bond donors (Lipinski definition) is 0. The summed E-state index contributed by atoms with van der Waals surface area (Å²) in [5, 5.41) is 0. The van der Waals surface area contributed by atoms with E-state index in [9.17, 15) is 28.8 Å². The highest BCUT2D eigenvalue weighted by atomic mass is 16.6. The van der Waals surface area contributed by atoms with Crippen molar-refractivity contribution in [3.63, 3.8) is 0 Å². The quantitative estimate of drug-likeness (QED) is 0.129. The van der Waals surface area contributed by atoms with Crippen LogP contribution < -0.4 is 0 Å². The van der Waals surface area contributed by atoms with Crippen molar-refractivity contribution < 1.29 is 57.2 Å². The van der Waals surface area contributed by atoms with Gasteiger partial charge in [0, 0.05) is 16.7 Å². The molecule has 22 saturated carbocycles. The van der Waals surface area contributed by atoms with Gasteiger partial charge in [0.05, 0.1) is 74.6 Å². The molecule has 0 aromatic rings. The van der Waals surface area contributed by atoms with Crippen LogP contribution >= 0.6 is 0 Å². The third-order valence-electron chi connectivity index (χ3n) is 42.6. The molecule has 28 aliphatic rings. The third kappa shape index (κ3) is 8.52. The lowest BCUT2D eigenvalue weighted by molar-refractivity contribution is -0.152. The summed E-state index contributed by atoms with van der Waals surface area (Å²) in [6.07, 6.45) is 33.6. The molecule has 562 valence electrons. The van der Waals surface area contributed by atoms with E-state index in [-0.39, 0.29) is 62.9 Å². The Hall–Kier alpha value is -3.18. The molecular formula is C91H126O12. The Balaban J connectivity index is 0.0000000760. The molecule has 0 aromatic heterocycles. The average Bonchev–Trinajstić information content (AvgIpc) is 1.54. The first-order valence-electron chi connectivity index (χ1n) is 44.7. The second-order valence-corrected chi connectivity index (χ2v) is 44.8. The van der Waals surface area contributed by atoms with Crippen LogP contribution in [0.15, 0.2) is 0 Å². The fourth-order valence-electron chi connectivity index (χ4n) is 40.1. The zero-order valence-electron chi connectivity index (χ0n) is 63.7. The Morgan fingerprint density at radius 3 is 1.12 bits per heavy atom. The molecule has 22 aliphatic carbocycles. The SMILES string of the molecule is CC1C2CC(C1C)C1(CCOC1=O)C2.CC1CC2CC1C1C2C2CC1C1(CCOC1=O)C2.CC1CC2CC1C1C2C2CC1C1(COC(=O)C1)C2.CC1CC2CC1C1C3CC(C21)C1(CCOC1=O)C3.CC1CC2CC1C1C3CC(C21)C1(COC(=O)C1)C3.CC1CC2CC1C1C3CC(C4COC(=O)C43)C21. The lowest BCUT2D eigenvalue weighted by atomic mass is 9.59. The van der Waals surface area contributed by atoms with Crippen LogP contribution in [0.3, 0.4) is 0 Å². The molecule has 0 radical (unpaired) electrons. The molecule has 12 nitrogen and oxygen atoms in total. The maximum Gasteiger partial charge on any atom is 0.312 e. The first-order chi connectivity index (χ1) is 49.7. The van der Waals surface area contributed by atoms with E-state index >= 15 is 0 Å². The summed E-state index contributed by atoms with van der Waals surface area (Å²) >= 11 is 0. The summed E-state index contributed by atoms with van der Waals surface area (Å²) in [6, 6.07) is 0. The number of carbonyl (C=O) groups excluding carboxylic acids is 6. The lowest BCUT2D eigenvalue weighted by Gasteiger charge is -2.44. The van der Waals surface area contributed by atoms with Gasteiger partial charge >= 0.3 is 35.8 Å². The Morgan fingerprint density at radius 1 is 0.282 bits per heavy atom. The van der Waals surface area contributed by atoms with Crippen LogP contribution in [0.4, 0.5) is 0 Å². The van der Waals surface area contributed by atoms with Gasteiger partial charge in [0.2, 0.25) is 0 Å². The van der Waals surface area contributed by atoms with Gasteiger partial charge < -0.3 is 28.4 Å². The zero-order chi connectivity index (χ0) is 69.5. The van der Waals surface area contributed by atoms with E-state index in [0.29, 0.717) is 55.3 Å². The van der Waals surface area contributed by atoms with Crippen molar-refractivity contribution in [1.29, 1.82) is 0 Å². The smallest absolute Gasteiger partial charge is 0.312 e. The van der Waals surface area contributed by atoms with Crippen LogP contribution in [0.2, 0.25) is 0 Å². The molecule has 46 unspecified atom stereocenters. The van der Waals surface area contributed by atoms with E-state index in [1.165, 1.54) is 128 Å². The minimum Gasteiger partial charge on any atom is -0.465 e. The van der Waals surface area contributed by atoms with Gasteiger partial charge in [-0.1, -0.05) is 48.5 Å². The molecule has 6 heterocycles. The maximum atomic E-state index is 12.2. The molecule has 0 aromatic carbocycles. The standard InChI is InChI=1S/4C16H22O2.C15H20O2.C12H18O2/c1-8-2-9-3-11(8)14-10-4-12(15(9)14)16(5-10)6-13(17)18-7-16;1-8-2-9-3-11(8)15-12-4-10(14(9)15)5-16(12)6-13(17)18-7-16;1-8-4-9-5-11(8)13-10-6-12(14(9)13)16(7-10)2-3-18-15(16)17;1-8-4-9-5-11(8)14-12-6-10(13(9)14)7-16(12)2-3-18-15(16)17;1-6-2-7-3-8(6)13-10-4-9(12(7)13)11-5-17-15(16)14(10)11;1-7-8(2)10-5-9(7)6-12(10)3-4-14-11(12)13/h2*8-12,14-15H,2-7H2,1H3;2*8-14H,2-7H2,1H3;6-14H,2-5H2,1H3;7-10H,3-6H2,1-2H3. The molecule has 5 spiro atoms. The molecule has 0 N–H and O–H groups in total. The summed E-state index contributed by atoms with van der Waals surface area (Å²) in [4.78, 5) is 71.3. The van der Waals surface area contributed by atoms with Gasteiger partial charge in [-0.3, -0.25) is 28.8 Å². The third-order valence-corrected chi connectivity index (χ3v) is 42.6. The number of cyclic esters (lactones) is 6. The van der Waals surface area contributed by atoms with Crippen LogP contribution in [0.5, 0.6) is 0 Å². The average molecular weight is 1410 g/mol. The van der Waals surface area contributed by atoms with Crippen LogP contribution in [-0.2, 0) is 57.2 Å². The largest absolute Gasteiger partial charge is 0.465 e. The molecule has 28 rings (SSSR count). The minimum atomic E-state index is -0.0450. The van der Waals surface area contributed by atoms with E-state index in [0.717, 1.165) is 265 Å². The van der Waals surface area contributed by atoms with Crippen molar-refractivity contribution in [2.24, 2.45) is 270 Å². The zero-order valence-corrected chi connectivity index (χ0v) is 63.7. The van der Waals surface area contributed by atoms with Gasteiger partial charge in [-0.2, -0.15) is 0 Å². The Labute approximate surface area is 614 Å². The van der Waals surface area contributed by atoms with Crippen molar-refractivity contribution in [3.05, 3.63) is 0 Å². The summed E-state index contributed by atoms with van der Waals surface area (Å²) in [5.74, 6) is 37.2. The number of ether oxygens (including phenoxy) is 6. The minimum absolute atomic E-state index is 0.0143. The normalized spacial score (nSPS) is 63.1. The highest BCUT2D eigenvalue weighted by molar-refractivity contribution is 5.81. The Morgan fingerprint density at radius 2 is 0.650 bits per heavy atom. The van der Waals surface area contributed by atoms with E-state index in [1.54, 1.807) is 0 Å². The number of hydrogen-bond acceptors (Lipinski definition) is 12. The van der Waals surface area contributed by atoms with Crippen LogP contribution in [0.1, 0.15) is 215 Å². The highest BCUT2D eigenvalue weighted by Gasteiger charge is 2.76. The second kappa shape index (κ2) is 22.3. The van der Waals surface area contributed by atoms with E-state index in [2.05, 4.69) is 48.5 Å². The van der Waals surface area contributed by atoms with Gasteiger partial charge in [-0.05, 0) is 385 Å². The van der Waals surface area contributed by atoms with Crippen molar-refractivity contribution in [3.8, 4) is 0 Å². The predicted molar refractivity (Wildman–Crippen MR) is 381 cm³/mol. The van der Waals surface area contributed by atoms with Crippen molar-refractivity contribution >= 4 is 35.8 Å². The summed E-state index contributed by atoms with van der Waals surface area (Å²) < 4.78 is 32.0. The van der Waals surface area contributed by atoms with Crippen LogP contribution in [0.25, 0.3) is 0 Å². The van der Waals surface area contributed by atoms with E-state index in [4.69, 9.17) is 28.4 Å². The predicted octanol–water partition coefficient (Wildman–Crippen LogP) is 16.0. The molecule has 6 aliphatic heterocycles. The van der Waals surface area contributed by atoms with Crippen LogP contribution in [0, 0.1) is 270 Å². The fourth-order valence-corrected chi connectivity index (χ4v) is 40.1. The van der Waals surface area contributed by atoms with Gasteiger partial charge in [0.1, 0.15) is 0 Å². The molecular weight excluding hydrogens is 1280 g/mol. The van der Waals surface area contributed by atoms with E-state index in [1.807, 2.05) is 0 Å². The maximum absolute atomic E-state index is 12.2. The van der Waals surface area contributed by atoms with Gasteiger partial charge in [-0.25, -0.2) is 0 Å². The number of rotatable bonds is 0. The molecule has 103 heavy (non-hydrogen) atoms. The number of esters is 6. The molecule has 6 saturated heterocycles. The fraction of sp³-hybridized carbons (Fsp3) is 0.934. The first-order valence-corrected chi connectivity index (χ1v) is 44.7. The topological polar surface area (TPSA) is 158 Å². The molecule has 46 atom stereocenters. The van der Waals surface area contributed by atoms with Crippen molar-refractivity contribution in [2.45, 2.75) is 215 Å². The second-order valence-electron chi connectivity index (χ2n) is 44.8. The molecule has 22 bridgehead atoms. The monoisotopic (exact) mass is 1410 g/mol. The van der Waals surface area contributed by atoms with Gasteiger partial charge in [0.25, 0.3) is 0 Å². The van der Waals surface area contributed by atoms with E-state index < -0.39 is 0 Å². The molecule has 12 heteroatoms. The summed E-state index contributed by atoms with van der Waals surface area (Å²) in [6.45, 7) is 21.3. The first kappa shape index (κ1) is 65.7. The molecule has 0 amide bonds. The van der Waals surface area contributed by atoms with Gasteiger partial charge in [-0.15, -0.1) is 0 Å². The Bertz CT molecular complexity index is 3580. The van der Waals surface area contributed by atoms with Crippen molar-refractivity contribution in [2.75, 3.05) is 39.6 Å².